The van der Waals surface area contributed by atoms with E-state index < -0.39 is 11.9 Å². The number of hydrogen-bond acceptors (Lipinski definition) is 8. The van der Waals surface area contributed by atoms with Crippen LogP contribution >= 0.6 is 0 Å². The van der Waals surface area contributed by atoms with Gasteiger partial charge in [0, 0.05) is 13.2 Å². The number of carbonyl (C=O) groups is 2. The Hall–Kier alpha value is -4.03. The SMILES string of the molecule is COc1ccc(C(=O)Oc2ccc(C=C(C#N)C(=O)NCC3CCCO3)cc2OC)cc1OC. The van der Waals surface area contributed by atoms with E-state index in [1.54, 1.807) is 24.3 Å². The lowest BCUT2D eigenvalue weighted by Gasteiger charge is -2.12. The summed E-state index contributed by atoms with van der Waals surface area (Å²) in [6.45, 7) is 1.04. The van der Waals surface area contributed by atoms with Crippen LogP contribution < -0.4 is 24.3 Å². The number of amides is 1. The second kappa shape index (κ2) is 11.7. The van der Waals surface area contributed by atoms with Crippen molar-refractivity contribution in [3.63, 3.8) is 0 Å². The fourth-order valence-electron chi connectivity index (χ4n) is 3.40. The zero-order chi connectivity index (χ0) is 24.5. The second-order valence-corrected chi connectivity index (χ2v) is 7.38. The summed E-state index contributed by atoms with van der Waals surface area (Å²) in [7, 11) is 4.40. The van der Waals surface area contributed by atoms with E-state index in [2.05, 4.69) is 5.32 Å². The Morgan fingerprint density at radius 1 is 1.06 bits per heavy atom. The molecule has 0 bridgehead atoms. The zero-order valence-corrected chi connectivity index (χ0v) is 19.3. The molecule has 1 fully saturated rings. The molecule has 34 heavy (non-hydrogen) atoms. The van der Waals surface area contributed by atoms with Gasteiger partial charge in [-0.2, -0.15) is 5.26 Å². The van der Waals surface area contributed by atoms with Crippen molar-refractivity contribution in [2.45, 2.75) is 18.9 Å². The summed E-state index contributed by atoms with van der Waals surface area (Å²) in [5, 5.41) is 12.1. The summed E-state index contributed by atoms with van der Waals surface area (Å²) >= 11 is 0. The first-order valence-corrected chi connectivity index (χ1v) is 10.6. The van der Waals surface area contributed by atoms with Gasteiger partial charge in [-0.05, 0) is 54.8 Å². The zero-order valence-electron chi connectivity index (χ0n) is 19.3. The summed E-state index contributed by atoms with van der Waals surface area (Å²) in [5.41, 5.74) is 0.736. The standard InChI is InChI=1S/C25H26N2O7/c1-30-20-9-7-17(13-23(20)32-3)25(29)34-21-8-6-16(12-22(21)31-2)11-18(14-26)24(28)27-15-19-5-4-10-33-19/h6-9,11-13,19H,4-5,10,15H2,1-3H3,(H,27,28). The van der Waals surface area contributed by atoms with Gasteiger partial charge in [0.05, 0.1) is 33.0 Å². The first kappa shape index (κ1) is 24.6. The third-order valence-corrected chi connectivity index (χ3v) is 5.20. The Bertz CT molecular complexity index is 1110. The summed E-state index contributed by atoms with van der Waals surface area (Å²) < 4.78 is 26.7. The Kier molecular flexibility index (Phi) is 8.48. The molecule has 9 heteroatoms. The average molecular weight is 466 g/mol. The monoisotopic (exact) mass is 466 g/mol. The van der Waals surface area contributed by atoms with Crippen LogP contribution in [-0.4, -0.2) is 52.5 Å². The molecule has 1 N–H and O–H groups in total. The number of esters is 1. The molecule has 0 spiro atoms. The minimum absolute atomic E-state index is 0.0244. The van der Waals surface area contributed by atoms with Gasteiger partial charge in [0.1, 0.15) is 11.6 Å². The van der Waals surface area contributed by atoms with Crippen molar-refractivity contribution < 1.29 is 33.3 Å². The molecule has 178 valence electrons. The van der Waals surface area contributed by atoms with Crippen molar-refractivity contribution in [1.29, 1.82) is 5.26 Å². The van der Waals surface area contributed by atoms with E-state index in [1.165, 1.54) is 39.5 Å². The summed E-state index contributed by atoms with van der Waals surface area (Å²) in [4.78, 5) is 25.0. The van der Waals surface area contributed by atoms with Gasteiger partial charge in [-0.15, -0.1) is 0 Å². The highest BCUT2D eigenvalue weighted by Crippen LogP contribution is 2.31. The first-order chi connectivity index (χ1) is 16.5. The molecule has 0 aromatic heterocycles. The van der Waals surface area contributed by atoms with Crippen LogP contribution in [0.3, 0.4) is 0 Å². The van der Waals surface area contributed by atoms with E-state index in [0.717, 1.165) is 12.8 Å². The quantitative estimate of drug-likeness (QED) is 0.259. The van der Waals surface area contributed by atoms with Gasteiger partial charge < -0.3 is 29.0 Å². The van der Waals surface area contributed by atoms with Crippen molar-refractivity contribution in [2.75, 3.05) is 34.5 Å². The van der Waals surface area contributed by atoms with Crippen LogP contribution in [0.1, 0.15) is 28.8 Å². The van der Waals surface area contributed by atoms with E-state index in [0.29, 0.717) is 30.2 Å². The fraction of sp³-hybridized carbons (Fsp3) is 0.320. The lowest BCUT2D eigenvalue weighted by atomic mass is 10.1. The van der Waals surface area contributed by atoms with Gasteiger partial charge in [0.2, 0.25) is 0 Å². The molecule has 2 aromatic rings. The fourth-order valence-corrected chi connectivity index (χ4v) is 3.40. The highest BCUT2D eigenvalue weighted by molar-refractivity contribution is 6.01. The van der Waals surface area contributed by atoms with Crippen LogP contribution in [0.2, 0.25) is 0 Å². The van der Waals surface area contributed by atoms with E-state index in [9.17, 15) is 14.9 Å². The summed E-state index contributed by atoms with van der Waals surface area (Å²) in [6, 6.07) is 11.3. The maximum Gasteiger partial charge on any atom is 0.343 e. The molecule has 1 aliphatic rings. The second-order valence-electron chi connectivity index (χ2n) is 7.38. The van der Waals surface area contributed by atoms with E-state index in [-0.39, 0.29) is 28.7 Å². The van der Waals surface area contributed by atoms with Crippen LogP contribution in [-0.2, 0) is 9.53 Å². The van der Waals surface area contributed by atoms with Crippen molar-refractivity contribution in [3.05, 3.63) is 53.1 Å². The van der Waals surface area contributed by atoms with Crippen LogP contribution in [0.15, 0.2) is 42.0 Å². The Morgan fingerprint density at radius 3 is 2.41 bits per heavy atom. The molecule has 0 radical (unpaired) electrons. The largest absolute Gasteiger partial charge is 0.493 e. The number of carbonyl (C=O) groups excluding carboxylic acids is 2. The molecule has 1 heterocycles. The van der Waals surface area contributed by atoms with Crippen LogP contribution in [0.25, 0.3) is 6.08 Å². The molecule has 1 aliphatic heterocycles. The molecule has 1 amide bonds. The summed E-state index contributed by atoms with van der Waals surface area (Å²) in [5.74, 6) is 0.224. The lowest BCUT2D eigenvalue weighted by molar-refractivity contribution is -0.117. The lowest BCUT2D eigenvalue weighted by Crippen LogP contribution is -2.32. The number of nitriles is 1. The number of nitrogens with zero attached hydrogens (tertiary/aromatic N) is 1. The van der Waals surface area contributed by atoms with Gasteiger partial charge in [0.25, 0.3) is 5.91 Å². The topological polar surface area (TPSA) is 116 Å². The molecule has 3 rings (SSSR count). The third kappa shape index (κ3) is 6.05. The summed E-state index contributed by atoms with van der Waals surface area (Å²) in [6.07, 6.45) is 3.26. The Morgan fingerprint density at radius 2 is 1.76 bits per heavy atom. The van der Waals surface area contributed by atoms with Crippen molar-refractivity contribution >= 4 is 18.0 Å². The maximum atomic E-state index is 12.6. The smallest absolute Gasteiger partial charge is 0.343 e. The predicted octanol–water partition coefficient (Wildman–Crippen LogP) is 3.13. The van der Waals surface area contributed by atoms with Crippen molar-refractivity contribution in [1.82, 2.24) is 5.32 Å². The van der Waals surface area contributed by atoms with Gasteiger partial charge in [-0.1, -0.05) is 6.07 Å². The number of rotatable bonds is 9. The Labute approximate surface area is 197 Å². The molecule has 0 saturated carbocycles. The number of benzene rings is 2. The van der Waals surface area contributed by atoms with Crippen LogP contribution in [0.5, 0.6) is 23.0 Å². The van der Waals surface area contributed by atoms with E-state index in [4.69, 9.17) is 23.7 Å². The molecule has 1 unspecified atom stereocenters. The first-order valence-electron chi connectivity index (χ1n) is 10.6. The van der Waals surface area contributed by atoms with E-state index in [1.807, 2.05) is 6.07 Å². The van der Waals surface area contributed by atoms with Gasteiger partial charge >= 0.3 is 5.97 Å². The van der Waals surface area contributed by atoms with Gasteiger partial charge in [0.15, 0.2) is 23.0 Å². The number of ether oxygens (including phenoxy) is 5. The number of hydrogen-bond donors (Lipinski definition) is 1. The highest BCUT2D eigenvalue weighted by atomic mass is 16.6. The third-order valence-electron chi connectivity index (χ3n) is 5.20. The molecular weight excluding hydrogens is 440 g/mol. The molecular formula is C25H26N2O7. The Balaban J connectivity index is 1.73. The number of methoxy groups -OCH3 is 3. The molecule has 9 nitrogen and oxygen atoms in total. The predicted molar refractivity (Wildman–Crippen MR) is 123 cm³/mol. The van der Waals surface area contributed by atoms with E-state index >= 15 is 0 Å². The number of nitrogens with one attached hydrogen (secondary N) is 1. The molecule has 2 aromatic carbocycles. The highest BCUT2D eigenvalue weighted by Gasteiger charge is 2.19. The van der Waals surface area contributed by atoms with Crippen molar-refractivity contribution in [3.8, 4) is 29.1 Å². The van der Waals surface area contributed by atoms with Crippen molar-refractivity contribution in [2.24, 2.45) is 0 Å². The minimum atomic E-state index is -0.617. The normalized spacial score (nSPS) is 15.2. The van der Waals surface area contributed by atoms with Gasteiger partial charge in [-0.3, -0.25) is 4.79 Å². The van der Waals surface area contributed by atoms with Gasteiger partial charge in [-0.25, -0.2) is 4.79 Å². The molecule has 1 saturated heterocycles. The maximum absolute atomic E-state index is 12.6. The minimum Gasteiger partial charge on any atom is -0.493 e. The van der Waals surface area contributed by atoms with Crippen LogP contribution in [0, 0.1) is 11.3 Å². The molecule has 0 aliphatic carbocycles. The van der Waals surface area contributed by atoms with Crippen LogP contribution in [0.4, 0.5) is 0 Å². The average Bonchev–Trinajstić information content (AvgIpc) is 3.39. The molecule has 1 atom stereocenters.